The molecular formula is C22H32ClNO2. The van der Waals surface area contributed by atoms with Gasteiger partial charge in [0, 0.05) is 12.6 Å². The summed E-state index contributed by atoms with van der Waals surface area (Å²) in [7, 11) is 0. The van der Waals surface area contributed by atoms with E-state index in [2.05, 4.69) is 43.0 Å². The summed E-state index contributed by atoms with van der Waals surface area (Å²) >= 11 is 0. The first kappa shape index (κ1) is 21.0. The van der Waals surface area contributed by atoms with E-state index in [0.717, 1.165) is 43.8 Å². The van der Waals surface area contributed by atoms with Crippen molar-refractivity contribution in [3.63, 3.8) is 0 Å². The largest absolute Gasteiger partial charge is 0.464 e. The molecule has 0 bridgehead atoms. The average Bonchev–Trinajstić information content (AvgIpc) is 2.96. The van der Waals surface area contributed by atoms with Crippen molar-refractivity contribution in [2.75, 3.05) is 19.7 Å². The van der Waals surface area contributed by atoms with Gasteiger partial charge in [0.1, 0.15) is 6.61 Å². The second kappa shape index (κ2) is 10.1. The topological polar surface area (TPSA) is 29.5 Å². The molecule has 144 valence electrons. The van der Waals surface area contributed by atoms with Gasteiger partial charge in [0.2, 0.25) is 0 Å². The van der Waals surface area contributed by atoms with Crippen molar-refractivity contribution in [1.29, 1.82) is 0 Å². The van der Waals surface area contributed by atoms with Crippen LogP contribution in [-0.4, -0.2) is 36.6 Å². The van der Waals surface area contributed by atoms with Crippen LogP contribution >= 0.6 is 12.4 Å². The Labute approximate surface area is 164 Å². The Balaban J connectivity index is 0.00000243. The van der Waals surface area contributed by atoms with Gasteiger partial charge in [-0.25, -0.2) is 0 Å². The Kier molecular flexibility index (Phi) is 8.17. The predicted octanol–water partition coefficient (Wildman–Crippen LogP) is 4.82. The zero-order valence-electron chi connectivity index (χ0n) is 16.0. The Morgan fingerprint density at radius 2 is 2.00 bits per heavy atom. The van der Waals surface area contributed by atoms with E-state index in [9.17, 15) is 4.79 Å². The maximum absolute atomic E-state index is 12.9. The van der Waals surface area contributed by atoms with Gasteiger partial charge in [0.05, 0.1) is 5.92 Å². The first-order chi connectivity index (χ1) is 12.2. The minimum absolute atomic E-state index is 0. The molecule has 0 aromatic heterocycles. The van der Waals surface area contributed by atoms with Crippen LogP contribution in [0, 0.1) is 11.8 Å². The van der Waals surface area contributed by atoms with Crippen molar-refractivity contribution in [2.24, 2.45) is 11.8 Å². The third-order valence-electron chi connectivity index (χ3n) is 6.03. The van der Waals surface area contributed by atoms with Gasteiger partial charge in [-0.15, -0.1) is 12.4 Å². The van der Waals surface area contributed by atoms with Crippen LogP contribution in [0.5, 0.6) is 0 Å². The molecule has 1 aliphatic carbocycles. The zero-order chi connectivity index (χ0) is 17.6. The maximum atomic E-state index is 12.9. The van der Waals surface area contributed by atoms with Crippen molar-refractivity contribution in [1.82, 2.24) is 4.90 Å². The fourth-order valence-electron chi connectivity index (χ4n) is 4.18. The molecule has 0 amide bonds. The second-order valence-corrected chi connectivity index (χ2v) is 7.62. The van der Waals surface area contributed by atoms with Gasteiger partial charge in [-0.3, -0.25) is 9.69 Å². The number of esters is 1. The first-order valence-corrected chi connectivity index (χ1v) is 9.79. The molecule has 3 nitrogen and oxygen atoms in total. The van der Waals surface area contributed by atoms with E-state index >= 15 is 0 Å². The minimum Gasteiger partial charge on any atom is -0.464 e. The summed E-state index contributed by atoms with van der Waals surface area (Å²) < 4.78 is 5.74. The third kappa shape index (κ3) is 5.11. The van der Waals surface area contributed by atoms with E-state index in [0.29, 0.717) is 12.6 Å². The number of ether oxygens (including phenoxy) is 1. The molecule has 26 heavy (non-hydrogen) atoms. The SMILES string of the molecule is CC1CCN(CCOC(=O)C(c2ccccc2)C2C=CCCC2)C1C.Cl. The molecule has 1 aromatic carbocycles. The number of likely N-dealkylation sites (tertiary alicyclic amines) is 1. The maximum Gasteiger partial charge on any atom is 0.314 e. The van der Waals surface area contributed by atoms with Crippen LogP contribution in [0.1, 0.15) is 51.0 Å². The molecule has 1 saturated heterocycles. The van der Waals surface area contributed by atoms with Gasteiger partial charge in [-0.05, 0) is 56.6 Å². The Bertz CT molecular complexity index is 589. The summed E-state index contributed by atoms with van der Waals surface area (Å²) in [5.41, 5.74) is 1.08. The summed E-state index contributed by atoms with van der Waals surface area (Å²) in [4.78, 5) is 15.3. The number of nitrogens with zero attached hydrogens (tertiary/aromatic N) is 1. The highest BCUT2D eigenvalue weighted by atomic mass is 35.5. The molecule has 1 fully saturated rings. The molecule has 0 N–H and O–H groups in total. The molecular weight excluding hydrogens is 346 g/mol. The molecule has 0 spiro atoms. The van der Waals surface area contributed by atoms with Gasteiger partial charge >= 0.3 is 5.97 Å². The fraction of sp³-hybridized carbons (Fsp3) is 0.591. The molecule has 4 atom stereocenters. The predicted molar refractivity (Wildman–Crippen MR) is 109 cm³/mol. The molecule has 4 unspecified atom stereocenters. The third-order valence-corrected chi connectivity index (χ3v) is 6.03. The number of hydrogen-bond acceptors (Lipinski definition) is 3. The van der Waals surface area contributed by atoms with E-state index < -0.39 is 0 Å². The van der Waals surface area contributed by atoms with Gasteiger partial charge < -0.3 is 4.74 Å². The quantitative estimate of drug-likeness (QED) is 0.525. The summed E-state index contributed by atoms with van der Waals surface area (Å²) in [6, 6.07) is 10.7. The molecule has 2 aliphatic rings. The van der Waals surface area contributed by atoms with Gasteiger partial charge in [-0.2, -0.15) is 0 Å². The van der Waals surface area contributed by atoms with Gasteiger partial charge in [0.25, 0.3) is 0 Å². The van der Waals surface area contributed by atoms with Gasteiger partial charge in [-0.1, -0.05) is 49.4 Å². The summed E-state index contributed by atoms with van der Waals surface area (Å²) in [5, 5.41) is 0. The number of allylic oxidation sites excluding steroid dienone is 2. The molecule has 3 rings (SSSR count). The molecule has 1 aliphatic heterocycles. The van der Waals surface area contributed by atoms with Crippen molar-refractivity contribution in [2.45, 2.75) is 51.5 Å². The normalized spacial score (nSPS) is 26.9. The van der Waals surface area contributed by atoms with Crippen LogP contribution in [-0.2, 0) is 9.53 Å². The van der Waals surface area contributed by atoms with Crippen molar-refractivity contribution < 1.29 is 9.53 Å². The lowest BCUT2D eigenvalue weighted by molar-refractivity contribution is -0.147. The Morgan fingerprint density at radius 3 is 2.62 bits per heavy atom. The molecule has 4 heteroatoms. The molecule has 0 saturated carbocycles. The van der Waals surface area contributed by atoms with Gasteiger partial charge in [0.15, 0.2) is 0 Å². The number of hydrogen-bond donors (Lipinski definition) is 0. The summed E-state index contributed by atoms with van der Waals surface area (Å²) in [6.07, 6.45) is 9.01. The number of carbonyl (C=O) groups is 1. The lowest BCUT2D eigenvalue weighted by Crippen LogP contribution is -2.34. The summed E-state index contributed by atoms with van der Waals surface area (Å²) in [5.74, 6) is 0.754. The van der Waals surface area contributed by atoms with E-state index in [4.69, 9.17) is 4.74 Å². The standard InChI is InChI=1S/C22H31NO2.ClH/c1-17-13-14-23(18(17)2)15-16-25-22(24)21(19-9-5-3-6-10-19)20-11-7-4-8-12-20;/h3,5-7,9-11,17-18,20-21H,4,8,12-16H2,1-2H3;1H. The Hall–Kier alpha value is -1.32. The highest BCUT2D eigenvalue weighted by Crippen LogP contribution is 2.33. The van der Waals surface area contributed by atoms with E-state index in [1.807, 2.05) is 18.2 Å². The smallest absolute Gasteiger partial charge is 0.314 e. The van der Waals surface area contributed by atoms with Crippen molar-refractivity contribution in [3.05, 3.63) is 48.0 Å². The van der Waals surface area contributed by atoms with E-state index in [-0.39, 0.29) is 30.2 Å². The lowest BCUT2D eigenvalue weighted by Gasteiger charge is -2.27. The monoisotopic (exact) mass is 377 g/mol. The highest BCUT2D eigenvalue weighted by molar-refractivity contribution is 5.85. The number of benzene rings is 1. The molecule has 0 radical (unpaired) electrons. The highest BCUT2D eigenvalue weighted by Gasteiger charge is 2.31. The molecule has 1 heterocycles. The average molecular weight is 378 g/mol. The van der Waals surface area contributed by atoms with E-state index in [1.54, 1.807) is 0 Å². The fourth-order valence-corrected chi connectivity index (χ4v) is 4.18. The van der Waals surface area contributed by atoms with Crippen LogP contribution < -0.4 is 0 Å². The Morgan fingerprint density at radius 1 is 1.23 bits per heavy atom. The second-order valence-electron chi connectivity index (χ2n) is 7.62. The lowest BCUT2D eigenvalue weighted by atomic mass is 9.80. The van der Waals surface area contributed by atoms with E-state index in [1.165, 1.54) is 6.42 Å². The van der Waals surface area contributed by atoms with Crippen molar-refractivity contribution >= 4 is 18.4 Å². The molecule has 1 aromatic rings. The number of halogens is 1. The van der Waals surface area contributed by atoms with Crippen LogP contribution in [0.3, 0.4) is 0 Å². The zero-order valence-corrected chi connectivity index (χ0v) is 16.8. The van der Waals surface area contributed by atoms with Crippen LogP contribution in [0.15, 0.2) is 42.5 Å². The number of rotatable bonds is 6. The van der Waals surface area contributed by atoms with Crippen molar-refractivity contribution in [3.8, 4) is 0 Å². The van der Waals surface area contributed by atoms with Crippen LogP contribution in [0.2, 0.25) is 0 Å². The minimum atomic E-state index is -0.173. The number of carbonyl (C=O) groups excluding carboxylic acids is 1. The first-order valence-electron chi connectivity index (χ1n) is 9.79. The summed E-state index contributed by atoms with van der Waals surface area (Å²) in [6.45, 7) is 7.04. The van der Waals surface area contributed by atoms with Crippen LogP contribution in [0.25, 0.3) is 0 Å². The van der Waals surface area contributed by atoms with Crippen LogP contribution in [0.4, 0.5) is 0 Å².